The minimum Gasteiger partial charge on any atom is -0.294 e. The first-order valence-electron chi connectivity index (χ1n) is 4.40. The van der Waals surface area contributed by atoms with Crippen molar-refractivity contribution in [1.29, 1.82) is 0 Å². The van der Waals surface area contributed by atoms with Gasteiger partial charge in [0.05, 0.1) is 0 Å². The fraction of sp³-hybridized carbons (Fsp3) is 0.364. The summed E-state index contributed by atoms with van der Waals surface area (Å²) >= 11 is 3.32. The van der Waals surface area contributed by atoms with Gasteiger partial charge in [-0.2, -0.15) is 0 Å². The molecular weight excluding hydrogens is 228 g/mol. The van der Waals surface area contributed by atoms with Crippen LogP contribution in [0.3, 0.4) is 0 Å². The van der Waals surface area contributed by atoms with E-state index < -0.39 is 0 Å². The molecule has 1 rings (SSSR count). The summed E-state index contributed by atoms with van der Waals surface area (Å²) in [5.41, 5.74) is 1.94. The van der Waals surface area contributed by atoms with Crippen molar-refractivity contribution in [2.75, 3.05) is 5.33 Å². The van der Waals surface area contributed by atoms with Gasteiger partial charge >= 0.3 is 0 Å². The first kappa shape index (κ1) is 10.5. The maximum absolute atomic E-state index is 11.6. The molecule has 0 atom stereocenters. The van der Waals surface area contributed by atoms with E-state index in [1.54, 1.807) is 0 Å². The Morgan fingerprint density at radius 2 is 2.08 bits per heavy atom. The molecule has 0 radical (unpaired) electrons. The molecule has 1 nitrogen and oxygen atoms in total. The maximum Gasteiger partial charge on any atom is 0.163 e. The molecule has 0 heterocycles. The fourth-order valence-corrected chi connectivity index (χ4v) is 1.53. The lowest BCUT2D eigenvalue weighted by Crippen LogP contribution is -2.01. The van der Waals surface area contributed by atoms with Crippen LogP contribution in [0.2, 0.25) is 0 Å². The summed E-state index contributed by atoms with van der Waals surface area (Å²) in [4.78, 5) is 11.6. The van der Waals surface area contributed by atoms with E-state index in [1.165, 1.54) is 0 Å². The molecule has 0 N–H and O–H groups in total. The van der Waals surface area contributed by atoms with Crippen molar-refractivity contribution >= 4 is 21.7 Å². The van der Waals surface area contributed by atoms with Crippen LogP contribution in [0.5, 0.6) is 0 Å². The number of carbonyl (C=O) groups excluding carboxylic acids is 1. The van der Waals surface area contributed by atoms with Crippen LogP contribution in [0.1, 0.15) is 28.8 Å². The number of rotatable bonds is 4. The number of carbonyl (C=O) groups is 1. The third-order valence-electron chi connectivity index (χ3n) is 1.98. The summed E-state index contributed by atoms with van der Waals surface area (Å²) in [6.45, 7) is 1.97. The van der Waals surface area contributed by atoms with Gasteiger partial charge in [-0.25, -0.2) is 0 Å². The highest BCUT2D eigenvalue weighted by molar-refractivity contribution is 9.09. The third kappa shape index (κ3) is 2.96. The van der Waals surface area contributed by atoms with Crippen LogP contribution in [0.15, 0.2) is 24.3 Å². The average molecular weight is 241 g/mol. The molecule has 0 aromatic heterocycles. The summed E-state index contributed by atoms with van der Waals surface area (Å²) < 4.78 is 0. The molecule has 0 saturated heterocycles. The van der Waals surface area contributed by atoms with Crippen LogP contribution in [0.4, 0.5) is 0 Å². The Labute approximate surface area is 87.3 Å². The van der Waals surface area contributed by atoms with Crippen molar-refractivity contribution in [1.82, 2.24) is 0 Å². The van der Waals surface area contributed by atoms with Gasteiger partial charge in [-0.05, 0) is 18.9 Å². The van der Waals surface area contributed by atoms with Gasteiger partial charge in [0.2, 0.25) is 0 Å². The van der Waals surface area contributed by atoms with Crippen LogP contribution in [0.25, 0.3) is 0 Å². The lowest BCUT2D eigenvalue weighted by Gasteiger charge is -2.02. The molecule has 0 aliphatic rings. The highest BCUT2D eigenvalue weighted by atomic mass is 79.9. The number of hydrogen-bond donors (Lipinski definition) is 0. The second-order valence-electron chi connectivity index (χ2n) is 3.03. The van der Waals surface area contributed by atoms with E-state index in [4.69, 9.17) is 0 Å². The predicted octanol–water partition coefficient (Wildman–Crippen LogP) is 3.35. The van der Waals surface area contributed by atoms with Gasteiger partial charge in [-0.1, -0.05) is 40.2 Å². The summed E-state index contributed by atoms with van der Waals surface area (Å²) in [6, 6.07) is 7.73. The Bertz CT molecular complexity index is 294. The molecular formula is C11H13BrO. The Morgan fingerprint density at radius 3 is 2.69 bits per heavy atom. The Morgan fingerprint density at radius 1 is 1.38 bits per heavy atom. The molecule has 0 fully saturated rings. The van der Waals surface area contributed by atoms with E-state index in [0.29, 0.717) is 6.42 Å². The third-order valence-corrected chi connectivity index (χ3v) is 2.54. The molecule has 0 aliphatic carbocycles. The smallest absolute Gasteiger partial charge is 0.163 e. The minimum absolute atomic E-state index is 0.248. The zero-order valence-electron chi connectivity index (χ0n) is 7.72. The van der Waals surface area contributed by atoms with Crippen molar-refractivity contribution in [3.05, 3.63) is 35.4 Å². The summed E-state index contributed by atoms with van der Waals surface area (Å²) in [7, 11) is 0. The number of alkyl halides is 1. The molecule has 1 aromatic rings. The standard InChI is InChI=1S/C11H13BrO/c1-9-5-2-3-6-10(9)11(13)7-4-8-12/h2-3,5-6H,4,7-8H2,1H3. The van der Waals surface area contributed by atoms with Crippen molar-refractivity contribution in [3.63, 3.8) is 0 Å². The van der Waals surface area contributed by atoms with E-state index in [2.05, 4.69) is 15.9 Å². The minimum atomic E-state index is 0.248. The first-order valence-corrected chi connectivity index (χ1v) is 5.52. The largest absolute Gasteiger partial charge is 0.294 e. The van der Waals surface area contributed by atoms with Crippen molar-refractivity contribution in [2.45, 2.75) is 19.8 Å². The molecule has 0 unspecified atom stereocenters. The average Bonchev–Trinajstić information content (AvgIpc) is 2.15. The van der Waals surface area contributed by atoms with Crippen molar-refractivity contribution < 1.29 is 4.79 Å². The van der Waals surface area contributed by atoms with Gasteiger partial charge in [0, 0.05) is 17.3 Å². The van der Waals surface area contributed by atoms with Crippen LogP contribution in [-0.4, -0.2) is 11.1 Å². The van der Waals surface area contributed by atoms with Gasteiger partial charge in [0.15, 0.2) is 5.78 Å². The first-order chi connectivity index (χ1) is 6.25. The van der Waals surface area contributed by atoms with Crippen LogP contribution < -0.4 is 0 Å². The van der Waals surface area contributed by atoms with Crippen molar-refractivity contribution in [2.24, 2.45) is 0 Å². The van der Waals surface area contributed by atoms with Crippen LogP contribution in [-0.2, 0) is 0 Å². The number of aryl methyl sites for hydroxylation is 1. The second-order valence-corrected chi connectivity index (χ2v) is 3.82. The molecule has 0 amide bonds. The second kappa shape index (κ2) is 5.18. The van der Waals surface area contributed by atoms with Gasteiger partial charge in [-0.3, -0.25) is 4.79 Å². The number of hydrogen-bond acceptors (Lipinski definition) is 1. The van der Waals surface area contributed by atoms with E-state index >= 15 is 0 Å². The number of ketones is 1. The van der Waals surface area contributed by atoms with Gasteiger partial charge in [0.25, 0.3) is 0 Å². The number of halogens is 1. The molecule has 0 bridgehead atoms. The highest BCUT2D eigenvalue weighted by Gasteiger charge is 2.06. The quantitative estimate of drug-likeness (QED) is 0.583. The molecule has 1 aromatic carbocycles. The van der Waals surface area contributed by atoms with Crippen molar-refractivity contribution in [3.8, 4) is 0 Å². The Kier molecular flexibility index (Phi) is 4.16. The maximum atomic E-state index is 11.6. The molecule has 2 heteroatoms. The SMILES string of the molecule is Cc1ccccc1C(=O)CCCBr. The monoisotopic (exact) mass is 240 g/mol. The topological polar surface area (TPSA) is 17.1 Å². The van der Waals surface area contributed by atoms with E-state index in [-0.39, 0.29) is 5.78 Å². The molecule has 0 spiro atoms. The molecule has 13 heavy (non-hydrogen) atoms. The number of Topliss-reactive ketones (excluding diaryl/α,β-unsaturated/α-hetero) is 1. The summed E-state index contributed by atoms with van der Waals surface area (Å²) in [5, 5.41) is 0.893. The van der Waals surface area contributed by atoms with E-state index in [9.17, 15) is 4.79 Å². The number of benzene rings is 1. The fourth-order valence-electron chi connectivity index (χ4n) is 1.25. The normalized spacial score (nSPS) is 10.0. The van der Waals surface area contributed by atoms with E-state index in [0.717, 1.165) is 22.9 Å². The predicted molar refractivity (Wildman–Crippen MR) is 58.5 cm³/mol. The van der Waals surface area contributed by atoms with Crippen LogP contribution in [0, 0.1) is 6.92 Å². The van der Waals surface area contributed by atoms with Crippen LogP contribution >= 0.6 is 15.9 Å². The van der Waals surface area contributed by atoms with Gasteiger partial charge in [0.1, 0.15) is 0 Å². The van der Waals surface area contributed by atoms with Gasteiger partial charge < -0.3 is 0 Å². The Hall–Kier alpha value is -0.630. The summed E-state index contributed by atoms with van der Waals surface area (Å²) in [5.74, 6) is 0.248. The lowest BCUT2D eigenvalue weighted by molar-refractivity contribution is 0.0981. The molecule has 70 valence electrons. The van der Waals surface area contributed by atoms with Gasteiger partial charge in [-0.15, -0.1) is 0 Å². The molecule has 0 aliphatic heterocycles. The highest BCUT2D eigenvalue weighted by Crippen LogP contribution is 2.11. The zero-order chi connectivity index (χ0) is 9.68. The molecule has 0 saturated carbocycles. The lowest BCUT2D eigenvalue weighted by atomic mass is 10.0. The summed E-state index contributed by atoms with van der Waals surface area (Å²) in [6.07, 6.45) is 1.54. The Balaban J connectivity index is 2.71. The van der Waals surface area contributed by atoms with E-state index in [1.807, 2.05) is 31.2 Å². The zero-order valence-corrected chi connectivity index (χ0v) is 9.30.